The van der Waals surface area contributed by atoms with Crippen LogP contribution in [0.25, 0.3) is 0 Å². The van der Waals surface area contributed by atoms with Crippen LogP contribution in [-0.4, -0.2) is 64.5 Å². The average Bonchev–Trinajstić information content (AvgIpc) is 3.18. The average molecular weight is 553 g/mol. The zero-order valence-electron chi connectivity index (χ0n) is 19.6. The Hall–Kier alpha value is -1.72. The smallest absolute Gasteiger partial charge is 0.191 e. The first kappa shape index (κ1) is 24.9. The Morgan fingerprint density at radius 3 is 2.78 bits per heavy atom. The molecule has 2 aromatic rings. The highest BCUT2D eigenvalue weighted by Crippen LogP contribution is 2.25. The molecule has 8 nitrogen and oxygen atoms in total. The normalized spacial score (nSPS) is 19.0. The Kier molecular flexibility index (Phi) is 8.51. The van der Waals surface area contributed by atoms with Crippen molar-refractivity contribution in [3.05, 3.63) is 47.0 Å². The zero-order valence-corrected chi connectivity index (χ0v) is 21.9. The monoisotopic (exact) mass is 553 g/mol. The van der Waals surface area contributed by atoms with Crippen LogP contribution < -0.4 is 10.6 Å². The number of aliphatic imine (C=N–C) groups is 1. The molecule has 0 bridgehead atoms. The van der Waals surface area contributed by atoms with Crippen LogP contribution in [0.3, 0.4) is 0 Å². The maximum absolute atomic E-state index is 5.16. The zero-order chi connectivity index (χ0) is 21.8. The van der Waals surface area contributed by atoms with E-state index < -0.39 is 0 Å². The lowest BCUT2D eigenvalue weighted by molar-refractivity contribution is 0.107. The van der Waals surface area contributed by atoms with Gasteiger partial charge in [-0.1, -0.05) is 24.3 Å². The fourth-order valence-electron chi connectivity index (χ4n) is 4.48. The molecule has 2 aliphatic heterocycles. The first-order valence-corrected chi connectivity index (χ1v) is 11.2. The quantitative estimate of drug-likeness (QED) is 0.325. The second-order valence-corrected chi connectivity index (χ2v) is 9.12. The van der Waals surface area contributed by atoms with Crippen molar-refractivity contribution >= 4 is 29.9 Å². The van der Waals surface area contributed by atoms with E-state index in [2.05, 4.69) is 68.7 Å². The number of nitrogens with one attached hydrogen (secondary N) is 2. The van der Waals surface area contributed by atoms with Gasteiger partial charge in [0.1, 0.15) is 12.4 Å². The molecule has 1 unspecified atom stereocenters. The Bertz CT molecular complexity index is 927. The number of aryl methyl sites for hydroxylation is 1. The summed E-state index contributed by atoms with van der Waals surface area (Å²) >= 11 is 0. The Balaban J connectivity index is 0.00000289. The molecule has 2 N–H and O–H groups in total. The summed E-state index contributed by atoms with van der Waals surface area (Å²) < 4.78 is 7.16. The predicted octanol–water partition coefficient (Wildman–Crippen LogP) is 2.36. The Labute approximate surface area is 208 Å². The van der Waals surface area contributed by atoms with Gasteiger partial charge in [-0.25, -0.2) is 9.67 Å². The van der Waals surface area contributed by atoms with E-state index in [0.717, 1.165) is 63.0 Å². The molecule has 0 fully saturated rings. The van der Waals surface area contributed by atoms with E-state index in [-0.39, 0.29) is 35.6 Å². The van der Waals surface area contributed by atoms with Crippen molar-refractivity contribution < 1.29 is 4.74 Å². The van der Waals surface area contributed by atoms with Crippen LogP contribution in [0.5, 0.6) is 0 Å². The molecular weight excluding hydrogens is 517 g/mol. The molecule has 0 spiro atoms. The van der Waals surface area contributed by atoms with Crippen LogP contribution in [0, 0.1) is 0 Å². The van der Waals surface area contributed by atoms with Gasteiger partial charge >= 0.3 is 0 Å². The number of ether oxygens (including phenoxy) is 1. The standard InChI is InChI=1S/C23H35N7O.HI/c1-23(2,29-12-11-17-7-5-6-8-18(17)13-29)16-25-22(24-3)26-19-9-10-21-27-20(15-31-4)28-30(21)14-19;/h5-8,19H,9-16H2,1-4H3,(H2,24,25,26);1H. The van der Waals surface area contributed by atoms with Crippen molar-refractivity contribution in [1.29, 1.82) is 0 Å². The topological polar surface area (TPSA) is 79.6 Å². The SMILES string of the molecule is CN=C(NCC(C)(C)N1CCc2ccccc2C1)NC1CCc2nc(COC)nn2C1.I. The first-order chi connectivity index (χ1) is 15.0. The van der Waals surface area contributed by atoms with Crippen molar-refractivity contribution in [1.82, 2.24) is 30.3 Å². The van der Waals surface area contributed by atoms with Gasteiger partial charge in [0.05, 0.1) is 6.54 Å². The van der Waals surface area contributed by atoms with E-state index in [1.165, 1.54) is 11.1 Å². The van der Waals surface area contributed by atoms with Gasteiger partial charge in [-0.05, 0) is 37.8 Å². The summed E-state index contributed by atoms with van der Waals surface area (Å²) in [5.74, 6) is 2.64. The van der Waals surface area contributed by atoms with Gasteiger partial charge in [-0.2, -0.15) is 5.10 Å². The van der Waals surface area contributed by atoms with E-state index in [4.69, 9.17) is 4.74 Å². The number of guanidine groups is 1. The van der Waals surface area contributed by atoms with Crippen LogP contribution in [0.1, 0.15) is 43.0 Å². The Morgan fingerprint density at radius 1 is 1.25 bits per heavy atom. The highest BCUT2D eigenvalue weighted by Gasteiger charge is 2.30. The lowest BCUT2D eigenvalue weighted by atomic mass is 9.94. The molecular formula is C23H36IN7O. The minimum atomic E-state index is 0. The number of hydrogen-bond acceptors (Lipinski definition) is 5. The van der Waals surface area contributed by atoms with Gasteiger partial charge in [-0.15, -0.1) is 24.0 Å². The summed E-state index contributed by atoms with van der Waals surface area (Å²) in [5, 5.41) is 11.7. The van der Waals surface area contributed by atoms with E-state index in [9.17, 15) is 0 Å². The highest BCUT2D eigenvalue weighted by molar-refractivity contribution is 14.0. The minimum Gasteiger partial charge on any atom is -0.377 e. The van der Waals surface area contributed by atoms with Crippen LogP contribution in [0.4, 0.5) is 0 Å². The lowest BCUT2D eigenvalue weighted by Crippen LogP contribution is -2.56. The van der Waals surface area contributed by atoms with Crippen LogP contribution in [0.15, 0.2) is 29.3 Å². The third kappa shape index (κ3) is 5.79. The first-order valence-electron chi connectivity index (χ1n) is 11.2. The maximum atomic E-state index is 5.16. The molecule has 0 saturated heterocycles. The molecule has 32 heavy (non-hydrogen) atoms. The van der Waals surface area contributed by atoms with Crippen molar-refractivity contribution in [3.63, 3.8) is 0 Å². The molecule has 0 radical (unpaired) electrons. The van der Waals surface area contributed by atoms with Crippen molar-refractivity contribution in [2.45, 2.75) is 64.4 Å². The van der Waals surface area contributed by atoms with E-state index in [0.29, 0.717) is 6.61 Å². The summed E-state index contributed by atoms with van der Waals surface area (Å²) in [7, 11) is 3.50. The second-order valence-electron chi connectivity index (χ2n) is 9.12. The molecule has 0 amide bonds. The molecule has 4 rings (SSSR count). The Morgan fingerprint density at radius 2 is 2.03 bits per heavy atom. The summed E-state index contributed by atoms with van der Waals surface area (Å²) in [6, 6.07) is 9.07. The maximum Gasteiger partial charge on any atom is 0.191 e. The van der Waals surface area contributed by atoms with Gasteiger partial charge in [0.2, 0.25) is 0 Å². The summed E-state index contributed by atoms with van der Waals surface area (Å²) in [5.41, 5.74) is 2.95. The molecule has 1 aromatic carbocycles. The molecule has 0 saturated carbocycles. The summed E-state index contributed by atoms with van der Waals surface area (Å²) in [4.78, 5) is 11.6. The van der Waals surface area contributed by atoms with Crippen LogP contribution >= 0.6 is 24.0 Å². The van der Waals surface area contributed by atoms with Crippen LogP contribution in [0.2, 0.25) is 0 Å². The third-order valence-corrected chi connectivity index (χ3v) is 6.41. The number of methoxy groups -OCH3 is 1. The predicted molar refractivity (Wildman–Crippen MR) is 137 cm³/mol. The molecule has 9 heteroatoms. The van der Waals surface area contributed by atoms with E-state index in [1.54, 1.807) is 7.11 Å². The van der Waals surface area contributed by atoms with Gasteiger partial charge in [-0.3, -0.25) is 9.89 Å². The van der Waals surface area contributed by atoms with Crippen LogP contribution in [-0.2, 0) is 37.3 Å². The number of fused-ring (bicyclic) bond motifs is 2. The molecule has 3 heterocycles. The number of rotatable bonds is 6. The van der Waals surface area contributed by atoms with E-state index in [1.807, 2.05) is 11.7 Å². The fourth-order valence-corrected chi connectivity index (χ4v) is 4.48. The van der Waals surface area contributed by atoms with E-state index >= 15 is 0 Å². The molecule has 1 aromatic heterocycles. The van der Waals surface area contributed by atoms with Gasteiger partial charge in [0.25, 0.3) is 0 Å². The summed E-state index contributed by atoms with van der Waals surface area (Å²) in [6.07, 6.45) is 3.03. The number of hydrogen-bond donors (Lipinski definition) is 2. The van der Waals surface area contributed by atoms with Crippen molar-refractivity contribution in [2.75, 3.05) is 27.2 Å². The fraction of sp³-hybridized carbons (Fsp3) is 0.609. The molecule has 2 aliphatic rings. The number of aromatic nitrogens is 3. The second kappa shape index (κ2) is 10.9. The molecule has 1 atom stereocenters. The summed E-state index contributed by atoms with van der Waals surface area (Å²) in [6.45, 7) is 8.77. The molecule has 176 valence electrons. The third-order valence-electron chi connectivity index (χ3n) is 6.41. The lowest BCUT2D eigenvalue weighted by Gasteiger charge is -2.42. The largest absolute Gasteiger partial charge is 0.377 e. The highest BCUT2D eigenvalue weighted by atomic mass is 127. The molecule has 0 aliphatic carbocycles. The van der Waals surface area contributed by atoms with Crippen molar-refractivity contribution in [2.24, 2.45) is 4.99 Å². The van der Waals surface area contributed by atoms with Gasteiger partial charge in [0, 0.05) is 51.8 Å². The number of halogens is 1. The number of benzene rings is 1. The number of nitrogens with zero attached hydrogens (tertiary/aromatic N) is 5. The van der Waals surface area contributed by atoms with Gasteiger partial charge < -0.3 is 15.4 Å². The van der Waals surface area contributed by atoms with Crippen molar-refractivity contribution in [3.8, 4) is 0 Å². The van der Waals surface area contributed by atoms with Gasteiger partial charge in [0.15, 0.2) is 11.8 Å². The minimum absolute atomic E-state index is 0.